The van der Waals surface area contributed by atoms with Crippen molar-refractivity contribution < 1.29 is 14.9 Å². The summed E-state index contributed by atoms with van der Waals surface area (Å²) in [7, 11) is 0. The van der Waals surface area contributed by atoms with E-state index in [1.807, 2.05) is 0 Å². The van der Waals surface area contributed by atoms with Crippen LogP contribution in [-0.4, -0.2) is 14.9 Å². The van der Waals surface area contributed by atoms with Gasteiger partial charge >= 0.3 is 11.4 Å². The number of anilines is 1. The van der Waals surface area contributed by atoms with Crippen molar-refractivity contribution >= 4 is 17.1 Å². The first kappa shape index (κ1) is 16.8. The molecule has 0 unspecified atom stereocenters. The molecule has 0 bridgehead atoms. The van der Waals surface area contributed by atoms with E-state index in [-0.39, 0.29) is 12.1 Å². The van der Waals surface area contributed by atoms with Gasteiger partial charge in [0.05, 0.1) is 9.85 Å². The number of nitrogens with zero attached hydrogens (tertiary/aromatic N) is 4. The summed E-state index contributed by atoms with van der Waals surface area (Å²) in [6.45, 7) is 1.09. The molecule has 0 saturated heterocycles. The third-order valence-electron chi connectivity index (χ3n) is 3.24. The molecule has 0 aliphatic heterocycles. The van der Waals surface area contributed by atoms with Crippen LogP contribution < -0.4 is 5.01 Å². The highest BCUT2D eigenvalue weighted by molar-refractivity contribution is 5.75. The minimum absolute atomic E-state index is 0.264. The number of hydrogen-bond donors (Lipinski definition) is 0. The van der Waals surface area contributed by atoms with E-state index in [9.17, 15) is 30.3 Å². The van der Waals surface area contributed by atoms with Gasteiger partial charge in [-0.05, 0) is 18.1 Å². The summed E-state index contributed by atoms with van der Waals surface area (Å²) in [5, 5.41) is 33.5. The Bertz CT molecular complexity index is 773. The molecule has 0 heterocycles. The standard InChI is InChI=1S/C14H12N4O6/c1-10-7-12(16(19)20)14(13(8-10)17(21)22)15(18(23)24)9-11-5-3-2-4-6-11/h2-8H,9H2,1H3. The largest absolute Gasteiger partial charge is 0.306 e. The van der Waals surface area contributed by atoms with Crippen molar-refractivity contribution in [2.75, 3.05) is 5.01 Å². The molecule has 124 valence electrons. The predicted molar refractivity (Wildman–Crippen MR) is 84.1 cm³/mol. The zero-order valence-electron chi connectivity index (χ0n) is 12.5. The zero-order valence-corrected chi connectivity index (χ0v) is 12.5. The van der Waals surface area contributed by atoms with Crippen molar-refractivity contribution in [1.29, 1.82) is 0 Å². The molecule has 0 aliphatic carbocycles. The molecule has 0 spiro atoms. The highest BCUT2D eigenvalue weighted by Gasteiger charge is 2.36. The maximum atomic E-state index is 11.4. The molecule has 10 nitrogen and oxygen atoms in total. The van der Waals surface area contributed by atoms with Crippen LogP contribution in [0.3, 0.4) is 0 Å². The molecule has 0 saturated carbocycles. The normalized spacial score (nSPS) is 10.2. The Hall–Kier alpha value is -3.56. The fourth-order valence-electron chi connectivity index (χ4n) is 2.26. The second kappa shape index (κ2) is 6.69. The molecule has 0 radical (unpaired) electrons. The Kier molecular flexibility index (Phi) is 4.68. The third kappa shape index (κ3) is 3.43. The summed E-state index contributed by atoms with van der Waals surface area (Å²) >= 11 is 0. The Morgan fingerprint density at radius 2 is 1.42 bits per heavy atom. The lowest BCUT2D eigenvalue weighted by molar-refractivity contribution is -0.499. The van der Waals surface area contributed by atoms with Crippen molar-refractivity contribution in [3.05, 3.63) is 83.9 Å². The molecule has 0 N–H and O–H groups in total. The number of nitro benzene ring substituents is 2. The maximum Gasteiger partial charge on any atom is 0.306 e. The van der Waals surface area contributed by atoms with Crippen LogP contribution in [0.1, 0.15) is 11.1 Å². The van der Waals surface area contributed by atoms with Crippen molar-refractivity contribution in [2.45, 2.75) is 13.5 Å². The summed E-state index contributed by atoms with van der Waals surface area (Å²) < 4.78 is 0. The summed E-state index contributed by atoms with van der Waals surface area (Å²) in [6, 6.07) is 10.3. The van der Waals surface area contributed by atoms with Crippen molar-refractivity contribution in [1.82, 2.24) is 0 Å². The zero-order chi connectivity index (χ0) is 17.9. The van der Waals surface area contributed by atoms with Gasteiger partial charge in [-0.25, -0.2) is 10.1 Å². The number of aryl methyl sites for hydroxylation is 1. The van der Waals surface area contributed by atoms with E-state index in [4.69, 9.17) is 0 Å². The smallest absolute Gasteiger partial charge is 0.258 e. The molecule has 0 aliphatic rings. The van der Waals surface area contributed by atoms with Gasteiger partial charge in [0, 0.05) is 12.1 Å². The average Bonchev–Trinajstić information content (AvgIpc) is 2.52. The lowest BCUT2D eigenvalue weighted by atomic mass is 10.1. The molecule has 2 rings (SSSR count). The lowest BCUT2D eigenvalue weighted by Gasteiger charge is -2.15. The fraction of sp³-hybridized carbons (Fsp3) is 0.143. The molecule has 2 aromatic rings. The molecule has 10 heteroatoms. The Morgan fingerprint density at radius 1 is 0.917 bits per heavy atom. The first-order valence-electron chi connectivity index (χ1n) is 6.70. The number of benzene rings is 2. The van der Waals surface area contributed by atoms with E-state index in [1.54, 1.807) is 30.3 Å². The first-order valence-corrected chi connectivity index (χ1v) is 6.70. The van der Waals surface area contributed by atoms with E-state index in [1.165, 1.54) is 6.92 Å². The van der Waals surface area contributed by atoms with Gasteiger partial charge in [0.2, 0.25) is 0 Å². The summed E-state index contributed by atoms with van der Waals surface area (Å²) in [4.78, 5) is 32.2. The summed E-state index contributed by atoms with van der Waals surface area (Å²) in [5.74, 6) is 0. The molecule has 0 amide bonds. The molecule has 0 atom stereocenters. The quantitative estimate of drug-likeness (QED) is 0.586. The maximum absolute atomic E-state index is 11.4. The van der Waals surface area contributed by atoms with E-state index in [2.05, 4.69) is 0 Å². The van der Waals surface area contributed by atoms with Crippen molar-refractivity contribution in [3.63, 3.8) is 0 Å². The number of hydrazine groups is 1. The second-order valence-electron chi connectivity index (χ2n) is 4.95. The van der Waals surface area contributed by atoms with Gasteiger partial charge in [-0.1, -0.05) is 35.3 Å². The highest BCUT2D eigenvalue weighted by Crippen LogP contribution is 2.39. The van der Waals surface area contributed by atoms with Crippen LogP contribution in [0.4, 0.5) is 17.1 Å². The molecule has 0 fully saturated rings. The van der Waals surface area contributed by atoms with Crippen LogP contribution in [0.5, 0.6) is 0 Å². The van der Waals surface area contributed by atoms with Gasteiger partial charge in [0.1, 0.15) is 6.54 Å². The fourth-order valence-corrected chi connectivity index (χ4v) is 2.26. The monoisotopic (exact) mass is 332 g/mol. The van der Waals surface area contributed by atoms with Crippen LogP contribution in [0, 0.1) is 37.3 Å². The van der Waals surface area contributed by atoms with Crippen LogP contribution >= 0.6 is 0 Å². The van der Waals surface area contributed by atoms with Crippen LogP contribution in [0.25, 0.3) is 0 Å². The lowest BCUT2D eigenvalue weighted by Crippen LogP contribution is -2.30. The van der Waals surface area contributed by atoms with E-state index in [0.29, 0.717) is 10.6 Å². The Morgan fingerprint density at radius 3 is 1.83 bits per heavy atom. The number of rotatable bonds is 6. The SMILES string of the molecule is Cc1cc([N+](=O)[O-])c(N(Cc2ccccc2)[N+](=O)[O-])c([N+](=O)[O-])c1. The predicted octanol–water partition coefficient (Wildman–Crippen LogP) is 3.01. The van der Waals surface area contributed by atoms with Crippen LogP contribution in [0.2, 0.25) is 0 Å². The summed E-state index contributed by atoms with van der Waals surface area (Å²) in [6.07, 6.45) is 0. The molecule has 2 aromatic carbocycles. The molecule has 0 aromatic heterocycles. The second-order valence-corrected chi connectivity index (χ2v) is 4.95. The number of hydrogen-bond acceptors (Lipinski definition) is 6. The van der Waals surface area contributed by atoms with Gasteiger partial charge in [-0.15, -0.1) is 0 Å². The van der Waals surface area contributed by atoms with Gasteiger partial charge < -0.3 is 0 Å². The first-order chi connectivity index (χ1) is 11.3. The minimum Gasteiger partial charge on any atom is -0.258 e. The van der Waals surface area contributed by atoms with Crippen molar-refractivity contribution in [3.8, 4) is 0 Å². The Labute approximate surface area is 135 Å². The summed E-state index contributed by atoms with van der Waals surface area (Å²) in [5.41, 5.74) is -1.27. The molecular weight excluding hydrogens is 320 g/mol. The Balaban J connectivity index is 2.66. The van der Waals surface area contributed by atoms with E-state index >= 15 is 0 Å². The van der Waals surface area contributed by atoms with Gasteiger partial charge in [0.25, 0.3) is 5.69 Å². The highest BCUT2D eigenvalue weighted by atomic mass is 16.7. The number of nitro groups is 3. The third-order valence-corrected chi connectivity index (χ3v) is 3.24. The van der Waals surface area contributed by atoms with Gasteiger partial charge in [-0.2, -0.15) is 0 Å². The van der Waals surface area contributed by atoms with Gasteiger partial charge in [-0.3, -0.25) is 20.2 Å². The van der Waals surface area contributed by atoms with Crippen LogP contribution in [-0.2, 0) is 6.54 Å². The topological polar surface area (TPSA) is 133 Å². The van der Waals surface area contributed by atoms with Gasteiger partial charge in [0.15, 0.2) is 5.03 Å². The molecule has 24 heavy (non-hydrogen) atoms. The van der Waals surface area contributed by atoms with Crippen molar-refractivity contribution in [2.24, 2.45) is 0 Å². The minimum atomic E-state index is -0.891. The molecular formula is C14H12N4O6. The average molecular weight is 332 g/mol. The van der Waals surface area contributed by atoms with E-state index < -0.39 is 31.9 Å². The van der Waals surface area contributed by atoms with Crippen LogP contribution in [0.15, 0.2) is 42.5 Å². The van der Waals surface area contributed by atoms with E-state index in [0.717, 1.165) is 12.1 Å².